The summed E-state index contributed by atoms with van der Waals surface area (Å²) in [6.07, 6.45) is 0.349. The first-order valence-corrected chi connectivity index (χ1v) is 4.13. The molecule has 1 unspecified atom stereocenters. The highest BCUT2D eigenvalue weighted by Gasteiger charge is 2.27. The lowest BCUT2D eigenvalue weighted by atomic mass is 10.1. The minimum absolute atomic E-state index is 0.0411. The number of carbonyl (C=O) groups is 1. The van der Waals surface area contributed by atoms with Gasteiger partial charge in [0.15, 0.2) is 0 Å². The third-order valence-corrected chi connectivity index (χ3v) is 2.18. The molecule has 7 heteroatoms. The van der Waals surface area contributed by atoms with Crippen molar-refractivity contribution in [3.63, 3.8) is 0 Å². The molecule has 1 saturated heterocycles. The van der Waals surface area contributed by atoms with E-state index in [1.54, 1.807) is 0 Å². The van der Waals surface area contributed by atoms with Crippen LogP contribution in [0.4, 0.5) is 5.82 Å². The first kappa shape index (κ1) is 8.67. The Hall–Kier alpha value is -1.92. The smallest absolute Gasteiger partial charge is 0.342 e. The van der Waals surface area contributed by atoms with Crippen molar-refractivity contribution in [2.75, 3.05) is 6.54 Å². The van der Waals surface area contributed by atoms with Gasteiger partial charge in [-0.2, -0.15) is 0 Å². The number of carbonyl (C=O) groups excluding carboxylic acids is 1. The molecule has 0 aliphatic carbocycles. The van der Waals surface area contributed by atoms with Crippen molar-refractivity contribution in [1.82, 2.24) is 15.5 Å². The Kier molecular flexibility index (Phi) is 1.91. The number of aromatic nitrogens is 2. The normalized spacial score (nSPS) is 20.9. The molecule has 0 radical (unpaired) electrons. The summed E-state index contributed by atoms with van der Waals surface area (Å²) in [5.74, 6) is -0.229. The molecule has 2 rings (SSSR count). The van der Waals surface area contributed by atoms with Crippen LogP contribution >= 0.6 is 0 Å². The summed E-state index contributed by atoms with van der Waals surface area (Å²) < 4.78 is 0. The second kappa shape index (κ2) is 3.09. The van der Waals surface area contributed by atoms with Gasteiger partial charge in [-0.15, -0.1) is 5.10 Å². The zero-order valence-electron chi connectivity index (χ0n) is 7.19. The van der Waals surface area contributed by atoms with Crippen molar-refractivity contribution >= 4 is 11.7 Å². The highest BCUT2D eigenvalue weighted by atomic mass is 16.6. The number of hydrogen-bond donors (Lipinski definition) is 2. The summed E-state index contributed by atoms with van der Waals surface area (Å²) in [7, 11) is 0. The van der Waals surface area contributed by atoms with Gasteiger partial charge in [-0.3, -0.25) is 4.79 Å². The number of H-pyrrole nitrogens is 1. The Morgan fingerprint density at radius 3 is 2.93 bits per heavy atom. The van der Waals surface area contributed by atoms with Gasteiger partial charge >= 0.3 is 5.82 Å². The number of rotatable bonds is 2. The van der Waals surface area contributed by atoms with Gasteiger partial charge in [0.05, 0.1) is 11.8 Å². The molecule has 1 atom stereocenters. The third kappa shape index (κ3) is 1.43. The molecule has 2 heterocycles. The molecule has 1 aromatic rings. The lowest BCUT2D eigenvalue weighted by molar-refractivity contribution is -0.389. The Balaban J connectivity index is 2.17. The maximum Gasteiger partial charge on any atom is 0.342 e. The average Bonchev–Trinajstić information content (AvgIpc) is 2.70. The van der Waals surface area contributed by atoms with Crippen LogP contribution in [-0.2, 0) is 4.79 Å². The molecule has 2 N–H and O–H groups in total. The highest BCUT2D eigenvalue weighted by Crippen LogP contribution is 2.23. The molecule has 7 nitrogen and oxygen atoms in total. The molecule has 1 fully saturated rings. The van der Waals surface area contributed by atoms with Crippen LogP contribution in [0.25, 0.3) is 0 Å². The largest absolute Gasteiger partial charge is 0.358 e. The van der Waals surface area contributed by atoms with E-state index in [0.29, 0.717) is 18.7 Å². The maximum absolute atomic E-state index is 10.9. The van der Waals surface area contributed by atoms with E-state index in [2.05, 4.69) is 15.5 Å². The molecule has 74 valence electrons. The van der Waals surface area contributed by atoms with Gasteiger partial charge in [-0.25, -0.2) is 0 Å². The Labute approximate surface area is 78.6 Å². The molecule has 1 aromatic heterocycles. The number of amides is 1. The fraction of sp³-hybridized carbons (Fsp3) is 0.429. The minimum Gasteiger partial charge on any atom is -0.358 e. The molecule has 0 saturated carbocycles. The number of nitrogens with one attached hydrogen (secondary N) is 2. The van der Waals surface area contributed by atoms with Gasteiger partial charge in [0.25, 0.3) is 0 Å². The van der Waals surface area contributed by atoms with Crippen LogP contribution in [-0.4, -0.2) is 27.6 Å². The summed E-state index contributed by atoms with van der Waals surface area (Å²) in [6, 6.07) is 1.37. The molecule has 1 aliphatic heterocycles. The van der Waals surface area contributed by atoms with Crippen molar-refractivity contribution in [2.24, 2.45) is 0 Å². The molecular formula is C7H8N4O3. The van der Waals surface area contributed by atoms with Crippen LogP contribution in [0.15, 0.2) is 6.07 Å². The van der Waals surface area contributed by atoms with E-state index in [4.69, 9.17) is 0 Å². The van der Waals surface area contributed by atoms with Gasteiger partial charge in [-0.1, -0.05) is 5.10 Å². The Morgan fingerprint density at radius 1 is 1.64 bits per heavy atom. The van der Waals surface area contributed by atoms with E-state index in [9.17, 15) is 14.9 Å². The fourth-order valence-electron chi connectivity index (χ4n) is 1.44. The first-order chi connectivity index (χ1) is 6.66. The molecule has 0 aromatic carbocycles. The maximum atomic E-state index is 10.9. The zero-order valence-corrected chi connectivity index (χ0v) is 7.19. The van der Waals surface area contributed by atoms with Crippen LogP contribution in [0, 0.1) is 10.1 Å². The van der Waals surface area contributed by atoms with Gasteiger partial charge < -0.3 is 15.4 Å². The fourth-order valence-corrected chi connectivity index (χ4v) is 1.44. The molecule has 0 bridgehead atoms. The second-order valence-corrected chi connectivity index (χ2v) is 3.14. The number of nitrogens with zero attached hydrogens (tertiary/aromatic N) is 2. The Morgan fingerprint density at radius 2 is 2.43 bits per heavy atom. The monoisotopic (exact) mass is 196 g/mol. The number of nitro groups is 1. The van der Waals surface area contributed by atoms with Crippen molar-refractivity contribution in [3.8, 4) is 0 Å². The van der Waals surface area contributed by atoms with Crippen LogP contribution < -0.4 is 5.32 Å². The predicted molar refractivity (Wildman–Crippen MR) is 45.6 cm³/mol. The molecular weight excluding hydrogens is 188 g/mol. The minimum atomic E-state index is -0.541. The van der Waals surface area contributed by atoms with Crippen LogP contribution in [0.3, 0.4) is 0 Å². The topological polar surface area (TPSA) is 101 Å². The second-order valence-electron chi connectivity index (χ2n) is 3.14. The molecule has 1 amide bonds. The zero-order chi connectivity index (χ0) is 10.1. The van der Waals surface area contributed by atoms with E-state index in [1.165, 1.54) is 6.07 Å². The summed E-state index contributed by atoms with van der Waals surface area (Å²) in [6.45, 7) is 0.501. The lowest BCUT2D eigenvalue weighted by Crippen LogP contribution is -2.13. The molecule has 14 heavy (non-hydrogen) atoms. The molecule has 0 spiro atoms. The van der Waals surface area contributed by atoms with Crippen LogP contribution in [0.1, 0.15) is 18.0 Å². The van der Waals surface area contributed by atoms with Gasteiger partial charge in [0.2, 0.25) is 5.91 Å². The van der Waals surface area contributed by atoms with Crippen molar-refractivity contribution in [2.45, 2.75) is 12.3 Å². The summed E-state index contributed by atoms with van der Waals surface area (Å²) >= 11 is 0. The van der Waals surface area contributed by atoms with Gasteiger partial charge in [-0.05, 0) is 4.92 Å². The van der Waals surface area contributed by atoms with Gasteiger partial charge in [0, 0.05) is 18.9 Å². The quantitative estimate of drug-likeness (QED) is 0.510. The lowest BCUT2D eigenvalue weighted by Gasteiger charge is -1.97. The van der Waals surface area contributed by atoms with E-state index in [1.807, 2.05) is 0 Å². The van der Waals surface area contributed by atoms with E-state index < -0.39 is 4.92 Å². The SMILES string of the molecule is O=C1CC(c2cc([N+](=O)[O-])[nH]n2)CN1. The molecule has 1 aliphatic rings. The average molecular weight is 196 g/mol. The summed E-state index contributed by atoms with van der Waals surface area (Å²) in [5.41, 5.74) is 0.565. The summed E-state index contributed by atoms with van der Waals surface area (Å²) in [4.78, 5) is 20.7. The standard InChI is InChI=1S/C7H8N4O3/c12-7-1-4(3-8-7)5-2-6(10-9-5)11(13)14/h2,4H,1,3H2,(H,8,12)(H,9,10). The van der Waals surface area contributed by atoms with Crippen LogP contribution in [0.5, 0.6) is 0 Å². The third-order valence-electron chi connectivity index (χ3n) is 2.18. The number of aromatic amines is 1. The van der Waals surface area contributed by atoms with Gasteiger partial charge in [0.1, 0.15) is 0 Å². The van der Waals surface area contributed by atoms with E-state index in [0.717, 1.165) is 0 Å². The van der Waals surface area contributed by atoms with Crippen molar-refractivity contribution in [1.29, 1.82) is 0 Å². The Bertz CT molecular complexity index is 386. The number of hydrogen-bond acceptors (Lipinski definition) is 4. The highest BCUT2D eigenvalue weighted by molar-refractivity contribution is 5.79. The van der Waals surface area contributed by atoms with Crippen molar-refractivity contribution < 1.29 is 9.72 Å². The predicted octanol–water partition coefficient (Wildman–Crippen LogP) is -0.0786. The first-order valence-electron chi connectivity index (χ1n) is 4.13. The van der Waals surface area contributed by atoms with Crippen LogP contribution in [0.2, 0.25) is 0 Å². The van der Waals surface area contributed by atoms with Crippen molar-refractivity contribution in [3.05, 3.63) is 21.9 Å². The summed E-state index contributed by atoms with van der Waals surface area (Å²) in [5, 5.41) is 19.1. The van der Waals surface area contributed by atoms with E-state index >= 15 is 0 Å². The van der Waals surface area contributed by atoms with E-state index in [-0.39, 0.29) is 17.6 Å².